The number of carbonyl (C=O) groups excluding carboxylic acids is 3. The number of aliphatic hydroxyl groups excluding tert-OH is 3. The molecule has 0 aromatic heterocycles. The predicted octanol–water partition coefficient (Wildman–Crippen LogP) is 1.40. The Morgan fingerprint density at radius 2 is 1.74 bits per heavy atom. The van der Waals surface area contributed by atoms with Gasteiger partial charge < -0.3 is 31.3 Å². The summed E-state index contributed by atoms with van der Waals surface area (Å²) in [7, 11) is 2.98. The summed E-state index contributed by atoms with van der Waals surface area (Å²) in [6.45, 7) is 1.89. The first-order valence-electron chi connectivity index (χ1n) is 12.3. The van der Waals surface area contributed by atoms with Gasteiger partial charge in [0.2, 0.25) is 5.78 Å². The normalized spacial score (nSPS) is 29.4. The van der Waals surface area contributed by atoms with Crippen LogP contribution in [0.15, 0.2) is 65.1 Å². The van der Waals surface area contributed by atoms with Crippen molar-refractivity contribution in [2.75, 3.05) is 14.1 Å². The van der Waals surface area contributed by atoms with Gasteiger partial charge in [-0.3, -0.25) is 19.3 Å². The van der Waals surface area contributed by atoms with Crippen LogP contribution in [-0.2, 0) is 9.59 Å². The van der Waals surface area contributed by atoms with Crippen molar-refractivity contribution in [3.63, 3.8) is 0 Å². The molecule has 1 amide bonds. The largest absolute Gasteiger partial charge is 0.510 e. The Labute approximate surface area is 223 Å². The smallest absolute Gasteiger partial charge is 0.255 e. The lowest BCUT2D eigenvalue weighted by molar-refractivity contribution is -0.159. The number of nitrogens with two attached hydrogens (primary N) is 1. The van der Waals surface area contributed by atoms with Crippen LogP contribution in [-0.4, -0.2) is 79.7 Å². The van der Waals surface area contributed by atoms with E-state index in [0.717, 1.165) is 5.56 Å². The first-order chi connectivity index (χ1) is 18.3. The Morgan fingerprint density at radius 1 is 1.08 bits per heavy atom. The van der Waals surface area contributed by atoms with Gasteiger partial charge in [-0.05, 0) is 43.8 Å². The first kappa shape index (κ1) is 26.4. The summed E-state index contributed by atoms with van der Waals surface area (Å²) in [5.74, 6) is -8.77. The maximum Gasteiger partial charge on any atom is 0.255 e. The number of amides is 1. The molecule has 10 nitrogen and oxygen atoms in total. The number of hydrogen-bond acceptors (Lipinski definition) is 9. The van der Waals surface area contributed by atoms with Gasteiger partial charge in [0.15, 0.2) is 11.4 Å². The summed E-state index contributed by atoms with van der Waals surface area (Å²) in [4.78, 5) is 40.8. The average Bonchev–Trinajstić information content (AvgIpc) is 2.85. The molecule has 5 rings (SSSR count). The Bertz CT molecular complexity index is 1550. The van der Waals surface area contributed by atoms with E-state index in [1.165, 1.54) is 31.1 Å². The monoisotopic (exact) mass is 532 g/mol. The summed E-state index contributed by atoms with van der Waals surface area (Å²) in [6.07, 6.45) is -0.0207. The molecular formula is C29H28N2O8. The molecule has 0 spiro atoms. The van der Waals surface area contributed by atoms with Crippen LogP contribution in [0.4, 0.5) is 0 Å². The van der Waals surface area contributed by atoms with E-state index in [1.54, 1.807) is 18.2 Å². The van der Waals surface area contributed by atoms with Crippen LogP contribution in [0, 0.1) is 18.8 Å². The molecule has 0 fully saturated rings. The van der Waals surface area contributed by atoms with Crippen molar-refractivity contribution in [1.29, 1.82) is 0 Å². The molecule has 2 aromatic carbocycles. The van der Waals surface area contributed by atoms with Gasteiger partial charge in [0.05, 0.1) is 29.2 Å². The lowest BCUT2D eigenvalue weighted by Gasteiger charge is -2.52. The zero-order chi connectivity index (χ0) is 28.5. The van der Waals surface area contributed by atoms with E-state index in [1.807, 2.05) is 25.1 Å². The van der Waals surface area contributed by atoms with E-state index < -0.39 is 75.5 Å². The molecule has 10 heteroatoms. The molecule has 0 heterocycles. The maximum atomic E-state index is 13.8. The molecule has 3 aliphatic rings. The number of carbonyl (C=O) groups is 3. The fourth-order valence-electron chi connectivity index (χ4n) is 6.26. The van der Waals surface area contributed by atoms with Gasteiger partial charge in [0.1, 0.15) is 22.8 Å². The van der Waals surface area contributed by atoms with Crippen LogP contribution in [0.25, 0.3) is 11.6 Å². The fraction of sp³-hybridized carbons (Fsp3) is 0.276. The third-order valence-electron chi connectivity index (χ3n) is 7.90. The second kappa shape index (κ2) is 8.91. The van der Waals surface area contributed by atoms with Crippen LogP contribution in [0.2, 0.25) is 0 Å². The topological polar surface area (TPSA) is 182 Å². The number of aryl methyl sites for hydroxylation is 1. The summed E-state index contributed by atoms with van der Waals surface area (Å²) >= 11 is 0. The summed E-state index contributed by atoms with van der Waals surface area (Å²) in [6, 6.07) is 10.4. The van der Waals surface area contributed by atoms with Crippen molar-refractivity contribution in [2.24, 2.45) is 17.6 Å². The van der Waals surface area contributed by atoms with Gasteiger partial charge in [-0.25, -0.2) is 0 Å². The molecular weight excluding hydrogens is 504 g/mol. The molecule has 0 saturated heterocycles. The van der Waals surface area contributed by atoms with Gasteiger partial charge >= 0.3 is 0 Å². The van der Waals surface area contributed by atoms with Crippen LogP contribution >= 0.6 is 0 Å². The molecule has 0 saturated carbocycles. The quantitative estimate of drug-likeness (QED) is 0.318. The van der Waals surface area contributed by atoms with E-state index in [2.05, 4.69) is 0 Å². The number of rotatable bonds is 3. The van der Waals surface area contributed by atoms with Crippen molar-refractivity contribution in [1.82, 2.24) is 4.90 Å². The van der Waals surface area contributed by atoms with E-state index >= 15 is 0 Å². The summed E-state index contributed by atoms with van der Waals surface area (Å²) < 4.78 is 0. The van der Waals surface area contributed by atoms with Gasteiger partial charge in [-0.15, -0.1) is 0 Å². The highest BCUT2D eigenvalue weighted by molar-refractivity contribution is 6.25. The standard InChI is InChI=1S/C29H28N2O8/c1-12-6-4-7-13(10-12)11-15-14-8-5-9-16(32)17(14)23(33)19-18(15)24(34)21-22(31(2)3)25(35)20(28(30)38)27(37)29(21,39)26(19)36/h4-11,18,21-22,24,32,34-36,39H,1-3H3,(H2,30,38)/b15-11+/t18-,21-,22+,24+,29+/m1/s1. The number of benzene rings is 2. The Balaban J connectivity index is 1.87. The minimum atomic E-state index is -2.97. The van der Waals surface area contributed by atoms with Crippen molar-refractivity contribution < 1.29 is 39.9 Å². The average molecular weight is 533 g/mol. The number of phenolic OH excluding ortho intramolecular Hbond substituents is 1. The molecule has 2 aromatic rings. The molecule has 0 unspecified atom stereocenters. The second-order valence-electron chi connectivity index (χ2n) is 10.4. The van der Waals surface area contributed by atoms with Crippen LogP contribution in [0.5, 0.6) is 5.75 Å². The molecule has 39 heavy (non-hydrogen) atoms. The van der Waals surface area contributed by atoms with Gasteiger partial charge in [0, 0.05) is 5.92 Å². The number of likely N-dealkylation sites (N-methyl/N-ethyl adjacent to an activating group) is 1. The molecule has 0 radical (unpaired) electrons. The highest BCUT2D eigenvalue weighted by Crippen LogP contribution is 2.55. The number of aromatic hydroxyl groups is 1. The highest BCUT2D eigenvalue weighted by atomic mass is 16.4. The van der Waals surface area contributed by atoms with Crippen molar-refractivity contribution in [3.8, 4) is 5.75 Å². The molecule has 3 aliphatic carbocycles. The lowest BCUT2D eigenvalue weighted by atomic mass is 9.56. The van der Waals surface area contributed by atoms with Crippen LogP contribution in [0.3, 0.4) is 0 Å². The molecule has 7 N–H and O–H groups in total. The van der Waals surface area contributed by atoms with E-state index in [-0.39, 0.29) is 5.56 Å². The number of fused-ring (bicyclic) bond motifs is 3. The first-order valence-corrected chi connectivity index (χ1v) is 12.3. The minimum absolute atomic E-state index is 0.176. The van der Waals surface area contributed by atoms with Crippen LogP contribution < -0.4 is 5.73 Å². The number of primary amides is 1. The lowest BCUT2D eigenvalue weighted by Crippen LogP contribution is -2.68. The van der Waals surface area contributed by atoms with Gasteiger partial charge in [-0.2, -0.15) is 0 Å². The third kappa shape index (κ3) is 3.56. The number of aliphatic hydroxyl groups is 4. The summed E-state index contributed by atoms with van der Waals surface area (Å²) in [5.41, 5.74) is 3.05. The van der Waals surface area contributed by atoms with E-state index in [9.17, 15) is 39.9 Å². The Morgan fingerprint density at radius 3 is 2.36 bits per heavy atom. The maximum absolute atomic E-state index is 13.8. The molecule has 0 bridgehead atoms. The summed E-state index contributed by atoms with van der Waals surface area (Å²) in [5, 5.41) is 56.8. The Hall–Kier alpha value is -4.25. The van der Waals surface area contributed by atoms with E-state index in [4.69, 9.17) is 5.73 Å². The number of nitrogens with zero attached hydrogens (tertiary/aromatic N) is 1. The number of ketones is 2. The zero-order valence-electron chi connectivity index (χ0n) is 21.4. The van der Waals surface area contributed by atoms with Gasteiger partial charge in [-0.1, -0.05) is 48.0 Å². The molecule has 202 valence electrons. The minimum Gasteiger partial charge on any atom is -0.510 e. The Kier molecular flexibility index (Phi) is 6.02. The number of phenols is 1. The highest BCUT2D eigenvalue weighted by Gasteiger charge is 2.67. The van der Waals surface area contributed by atoms with Gasteiger partial charge in [0.25, 0.3) is 5.91 Å². The third-order valence-corrected chi connectivity index (χ3v) is 7.90. The van der Waals surface area contributed by atoms with E-state index in [0.29, 0.717) is 16.7 Å². The van der Waals surface area contributed by atoms with Crippen molar-refractivity contribution >= 4 is 29.1 Å². The van der Waals surface area contributed by atoms with Crippen molar-refractivity contribution in [2.45, 2.75) is 24.7 Å². The zero-order valence-corrected chi connectivity index (χ0v) is 21.4. The predicted molar refractivity (Wildman–Crippen MR) is 140 cm³/mol. The second-order valence-corrected chi connectivity index (χ2v) is 10.4. The molecule has 0 aliphatic heterocycles. The molecule has 5 atom stereocenters. The van der Waals surface area contributed by atoms with Crippen LogP contribution in [0.1, 0.15) is 27.0 Å². The SMILES string of the molecule is Cc1cccc(/C=C2\c3cccc(O)c3C(=O)C3=C(O)[C@]4(O)C(=O)C(C(N)=O)=C(O)[C@@H](N(C)C)[C@@H]4[C@@H](O)[C@@H]32)c1. The fourth-order valence-corrected chi connectivity index (χ4v) is 6.26. The number of Topliss-reactive ketones (excluding diaryl/α,β-unsaturated/α-hetero) is 2. The number of hydrogen-bond donors (Lipinski definition) is 6. The van der Waals surface area contributed by atoms with Crippen molar-refractivity contribution in [3.05, 3.63) is 87.4 Å².